The quantitative estimate of drug-likeness (QED) is 0.689. The lowest BCUT2D eigenvalue weighted by atomic mass is 10.1. The Labute approximate surface area is 163 Å². The average molecular weight is 371 g/mol. The van der Waals surface area contributed by atoms with Crippen LogP contribution in [-0.2, 0) is 13.1 Å². The summed E-state index contributed by atoms with van der Waals surface area (Å²) in [6.45, 7) is 2.39. The van der Waals surface area contributed by atoms with Gasteiger partial charge in [0.2, 0.25) is 0 Å². The molecule has 2 aromatic heterocycles. The molecule has 6 nitrogen and oxygen atoms in total. The molecule has 0 spiro atoms. The van der Waals surface area contributed by atoms with Crippen molar-refractivity contribution >= 4 is 0 Å². The van der Waals surface area contributed by atoms with Crippen LogP contribution in [0.2, 0.25) is 0 Å². The maximum Gasteiger partial charge on any atom is 0.266 e. The summed E-state index contributed by atoms with van der Waals surface area (Å²) in [5, 5.41) is 13.5. The summed E-state index contributed by atoms with van der Waals surface area (Å²) in [6, 6.07) is 17.3. The minimum Gasteiger partial charge on any atom is -0.294 e. The van der Waals surface area contributed by atoms with Gasteiger partial charge in [0.1, 0.15) is 0 Å². The number of nitrogens with zero attached hydrogens (tertiary/aromatic N) is 5. The van der Waals surface area contributed by atoms with E-state index in [4.69, 9.17) is 5.26 Å². The molecule has 1 saturated heterocycles. The molecule has 28 heavy (non-hydrogen) atoms. The van der Waals surface area contributed by atoms with Crippen LogP contribution in [0.5, 0.6) is 0 Å². The van der Waals surface area contributed by atoms with Gasteiger partial charge in [-0.15, -0.1) is 0 Å². The van der Waals surface area contributed by atoms with Gasteiger partial charge < -0.3 is 0 Å². The third kappa shape index (κ3) is 4.00. The molecule has 0 aliphatic carbocycles. The van der Waals surface area contributed by atoms with Crippen LogP contribution in [0, 0.1) is 11.3 Å². The lowest BCUT2D eigenvalue weighted by Gasteiger charge is -2.25. The lowest BCUT2D eigenvalue weighted by Crippen LogP contribution is -2.36. The highest BCUT2D eigenvalue weighted by atomic mass is 16.1. The first-order valence-electron chi connectivity index (χ1n) is 9.44. The van der Waals surface area contributed by atoms with E-state index in [9.17, 15) is 4.79 Å². The van der Waals surface area contributed by atoms with Gasteiger partial charge in [0.25, 0.3) is 5.56 Å². The second-order valence-electron chi connectivity index (χ2n) is 7.06. The molecule has 1 unspecified atom stereocenters. The fraction of sp³-hybridized carbons (Fsp3) is 0.273. The molecular formula is C22H21N5O. The molecule has 6 heteroatoms. The zero-order valence-corrected chi connectivity index (χ0v) is 15.5. The Morgan fingerprint density at radius 1 is 1.14 bits per heavy atom. The van der Waals surface area contributed by atoms with Gasteiger partial charge in [-0.3, -0.25) is 14.7 Å². The lowest BCUT2D eigenvalue weighted by molar-refractivity contribution is 0.217. The second-order valence-corrected chi connectivity index (χ2v) is 7.06. The Balaban J connectivity index is 1.51. The number of benzene rings is 1. The predicted molar refractivity (Wildman–Crippen MR) is 106 cm³/mol. The third-order valence-electron chi connectivity index (χ3n) is 5.18. The van der Waals surface area contributed by atoms with Crippen molar-refractivity contribution in [2.24, 2.45) is 0 Å². The standard InChI is InChI=1S/C22H21N5O/c23-13-17-5-7-18(8-6-17)15-26-12-2-4-20(26)16-27-22(28)10-9-21(25-27)19-3-1-11-24-14-19/h1,3,5-11,14,20H,2,4,12,15-16H2. The summed E-state index contributed by atoms with van der Waals surface area (Å²) in [5.41, 5.74) is 3.42. The number of nitriles is 1. The Morgan fingerprint density at radius 3 is 2.75 bits per heavy atom. The van der Waals surface area contributed by atoms with Gasteiger partial charge in [0.05, 0.1) is 23.9 Å². The van der Waals surface area contributed by atoms with Gasteiger partial charge in [-0.2, -0.15) is 10.4 Å². The van der Waals surface area contributed by atoms with Gasteiger partial charge in [-0.1, -0.05) is 12.1 Å². The minimum atomic E-state index is -0.0853. The van der Waals surface area contributed by atoms with E-state index in [0.717, 1.165) is 37.2 Å². The van der Waals surface area contributed by atoms with Crippen LogP contribution < -0.4 is 5.56 Å². The van der Waals surface area contributed by atoms with Crippen LogP contribution >= 0.6 is 0 Å². The zero-order valence-electron chi connectivity index (χ0n) is 15.5. The van der Waals surface area contributed by atoms with E-state index in [1.807, 2.05) is 36.4 Å². The van der Waals surface area contributed by atoms with Crippen LogP contribution in [0.25, 0.3) is 11.3 Å². The number of rotatable bonds is 5. The highest BCUT2D eigenvalue weighted by molar-refractivity contribution is 5.56. The smallest absolute Gasteiger partial charge is 0.266 e. The molecule has 1 aliphatic heterocycles. The molecule has 3 aromatic rings. The largest absolute Gasteiger partial charge is 0.294 e. The van der Waals surface area contributed by atoms with E-state index in [-0.39, 0.29) is 11.6 Å². The Morgan fingerprint density at radius 2 is 2.00 bits per heavy atom. The fourth-order valence-corrected chi connectivity index (χ4v) is 3.68. The van der Waals surface area contributed by atoms with Crippen molar-refractivity contribution in [2.75, 3.05) is 6.54 Å². The maximum atomic E-state index is 12.4. The molecule has 140 valence electrons. The first-order chi connectivity index (χ1) is 13.7. The highest BCUT2D eigenvalue weighted by Crippen LogP contribution is 2.22. The number of likely N-dealkylation sites (tertiary alicyclic amines) is 1. The first-order valence-corrected chi connectivity index (χ1v) is 9.44. The fourth-order valence-electron chi connectivity index (χ4n) is 3.68. The summed E-state index contributed by atoms with van der Waals surface area (Å²) in [5.74, 6) is 0. The van der Waals surface area contributed by atoms with Crippen molar-refractivity contribution in [1.29, 1.82) is 5.26 Å². The average Bonchev–Trinajstić information content (AvgIpc) is 3.17. The van der Waals surface area contributed by atoms with Crippen LogP contribution in [0.15, 0.2) is 65.7 Å². The van der Waals surface area contributed by atoms with Crippen molar-refractivity contribution in [3.05, 3.63) is 82.4 Å². The van der Waals surface area contributed by atoms with Crippen LogP contribution in [0.4, 0.5) is 0 Å². The summed E-state index contributed by atoms with van der Waals surface area (Å²) < 4.78 is 1.57. The van der Waals surface area contributed by atoms with E-state index < -0.39 is 0 Å². The van der Waals surface area contributed by atoms with Crippen molar-refractivity contribution < 1.29 is 0 Å². The van der Waals surface area contributed by atoms with Gasteiger partial charge in [0, 0.05) is 36.6 Å². The Hall–Kier alpha value is -3.30. The molecule has 1 aliphatic rings. The van der Waals surface area contributed by atoms with E-state index in [0.29, 0.717) is 12.1 Å². The third-order valence-corrected chi connectivity index (χ3v) is 5.18. The van der Waals surface area contributed by atoms with E-state index in [1.165, 1.54) is 5.56 Å². The topological polar surface area (TPSA) is 74.8 Å². The Bertz CT molecular complexity index is 1040. The molecule has 1 fully saturated rings. The molecule has 0 amide bonds. The van der Waals surface area contributed by atoms with E-state index in [1.54, 1.807) is 29.2 Å². The van der Waals surface area contributed by atoms with E-state index >= 15 is 0 Å². The summed E-state index contributed by atoms with van der Waals surface area (Å²) in [4.78, 5) is 18.9. The van der Waals surface area contributed by atoms with Gasteiger partial charge >= 0.3 is 0 Å². The number of aromatic nitrogens is 3. The van der Waals surface area contributed by atoms with Crippen molar-refractivity contribution in [2.45, 2.75) is 32.0 Å². The van der Waals surface area contributed by atoms with Crippen molar-refractivity contribution in [3.63, 3.8) is 0 Å². The molecule has 4 rings (SSSR count). The normalized spacial score (nSPS) is 16.8. The molecular weight excluding hydrogens is 350 g/mol. The van der Waals surface area contributed by atoms with Crippen LogP contribution in [-0.4, -0.2) is 32.3 Å². The van der Waals surface area contributed by atoms with Crippen LogP contribution in [0.3, 0.4) is 0 Å². The molecule has 0 N–H and O–H groups in total. The predicted octanol–water partition coefficient (Wildman–Crippen LogP) is 2.84. The number of hydrogen-bond acceptors (Lipinski definition) is 5. The summed E-state index contributed by atoms with van der Waals surface area (Å²) in [7, 11) is 0. The van der Waals surface area contributed by atoms with Crippen LogP contribution in [0.1, 0.15) is 24.0 Å². The number of pyridine rings is 1. The molecule has 0 bridgehead atoms. The van der Waals surface area contributed by atoms with Gasteiger partial charge in [-0.25, -0.2) is 4.68 Å². The second kappa shape index (κ2) is 8.15. The monoisotopic (exact) mass is 371 g/mol. The maximum absolute atomic E-state index is 12.4. The highest BCUT2D eigenvalue weighted by Gasteiger charge is 2.25. The summed E-state index contributed by atoms with van der Waals surface area (Å²) in [6.07, 6.45) is 5.63. The SMILES string of the molecule is N#Cc1ccc(CN2CCCC2Cn2nc(-c3cccnc3)ccc2=O)cc1. The molecule has 1 atom stereocenters. The summed E-state index contributed by atoms with van der Waals surface area (Å²) >= 11 is 0. The van der Waals surface area contributed by atoms with Crippen molar-refractivity contribution in [1.82, 2.24) is 19.7 Å². The van der Waals surface area contributed by atoms with E-state index in [2.05, 4.69) is 21.1 Å². The Kier molecular flexibility index (Phi) is 5.27. The first kappa shape index (κ1) is 18.1. The minimum absolute atomic E-state index is 0.0853. The van der Waals surface area contributed by atoms with Gasteiger partial charge in [0.15, 0.2) is 0 Å². The molecule has 1 aromatic carbocycles. The van der Waals surface area contributed by atoms with Gasteiger partial charge in [-0.05, 0) is 55.3 Å². The van der Waals surface area contributed by atoms with Crippen molar-refractivity contribution in [3.8, 4) is 17.3 Å². The number of hydrogen-bond donors (Lipinski definition) is 0. The molecule has 0 radical (unpaired) electrons. The molecule has 0 saturated carbocycles. The zero-order chi connectivity index (χ0) is 19.3. The molecule has 3 heterocycles.